The van der Waals surface area contributed by atoms with Gasteiger partial charge in [0, 0.05) is 11.8 Å². The zero-order chi connectivity index (χ0) is 12.5. The lowest BCUT2D eigenvalue weighted by Crippen LogP contribution is -2.07. The van der Waals surface area contributed by atoms with Crippen LogP contribution in [0.3, 0.4) is 0 Å². The van der Waals surface area contributed by atoms with Crippen molar-refractivity contribution in [2.45, 2.75) is 13.1 Å². The number of aromatic nitrogens is 1. The van der Waals surface area contributed by atoms with E-state index < -0.39 is 11.7 Å². The highest BCUT2D eigenvalue weighted by Crippen LogP contribution is 2.33. The summed E-state index contributed by atoms with van der Waals surface area (Å²) < 4.78 is 37.7. The summed E-state index contributed by atoms with van der Waals surface area (Å²) >= 11 is 0. The number of halogens is 3. The molecular formula is C13H10F3N. The Labute approximate surface area is 96.9 Å². The van der Waals surface area contributed by atoms with Gasteiger partial charge in [0.15, 0.2) is 0 Å². The highest BCUT2D eigenvalue weighted by Gasteiger charge is 2.32. The molecule has 1 aromatic carbocycles. The first-order valence-electron chi connectivity index (χ1n) is 5.08. The molecule has 0 bridgehead atoms. The lowest BCUT2D eigenvalue weighted by Gasteiger charge is -2.11. The quantitative estimate of drug-likeness (QED) is 0.728. The minimum atomic E-state index is -4.30. The van der Waals surface area contributed by atoms with Crippen LogP contribution >= 0.6 is 0 Å². The average Bonchev–Trinajstić information content (AvgIpc) is 2.28. The molecule has 0 unspecified atom stereocenters. The minimum absolute atomic E-state index is 0.209. The summed E-state index contributed by atoms with van der Waals surface area (Å²) in [5.41, 5.74) is 0.971. The first kappa shape index (κ1) is 11.6. The first-order chi connectivity index (χ1) is 7.98. The predicted octanol–water partition coefficient (Wildman–Crippen LogP) is 4.08. The van der Waals surface area contributed by atoms with Gasteiger partial charge in [-0.05, 0) is 36.8 Å². The molecule has 0 amide bonds. The summed E-state index contributed by atoms with van der Waals surface area (Å²) in [6.45, 7) is 1.45. The summed E-state index contributed by atoms with van der Waals surface area (Å²) in [6, 6.07) is 9.38. The van der Waals surface area contributed by atoms with Crippen LogP contribution in [0.25, 0.3) is 11.3 Å². The van der Waals surface area contributed by atoms with Gasteiger partial charge < -0.3 is 0 Å². The maximum atomic E-state index is 12.6. The van der Waals surface area contributed by atoms with Crippen LogP contribution in [-0.4, -0.2) is 4.98 Å². The van der Waals surface area contributed by atoms with Gasteiger partial charge in [-0.15, -0.1) is 0 Å². The molecule has 88 valence electrons. The van der Waals surface area contributed by atoms with Gasteiger partial charge in [0.1, 0.15) is 0 Å². The van der Waals surface area contributed by atoms with Crippen molar-refractivity contribution in [3.8, 4) is 11.3 Å². The van der Waals surface area contributed by atoms with Crippen LogP contribution in [0.4, 0.5) is 13.2 Å². The van der Waals surface area contributed by atoms with E-state index in [0.29, 0.717) is 11.3 Å². The Bertz CT molecular complexity index is 518. The Morgan fingerprint density at radius 3 is 2.35 bits per heavy atom. The van der Waals surface area contributed by atoms with Crippen molar-refractivity contribution in [3.63, 3.8) is 0 Å². The number of aryl methyl sites for hydroxylation is 1. The van der Waals surface area contributed by atoms with E-state index in [4.69, 9.17) is 0 Å². The first-order valence-corrected chi connectivity index (χ1v) is 5.08. The second-order valence-corrected chi connectivity index (χ2v) is 3.74. The van der Waals surface area contributed by atoms with Gasteiger partial charge in [-0.2, -0.15) is 13.2 Å². The second kappa shape index (κ2) is 4.20. The van der Waals surface area contributed by atoms with Crippen molar-refractivity contribution in [1.29, 1.82) is 0 Å². The van der Waals surface area contributed by atoms with Crippen LogP contribution in [-0.2, 0) is 6.18 Å². The van der Waals surface area contributed by atoms with Gasteiger partial charge in [-0.3, -0.25) is 4.98 Å². The van der Waals surface area contributed by atoms with Crippen LogP contribution < -0.4 is 0 Å². The molecule has 0 aliphatic rings. The molecule has 2 rings (SSSR count). The minimum Gasteiger partial charge on any atom is -0.256 e. The van der Waals surface area contributed by atoms with E-state index in [2.05, 4.69) is 4.98 Å². The van der Waals surface area contributed by atoms with Crippen molar-refractivity contribution >= 4 is 0 Å². The molecule has 0 aliphatic carbocycles. The third-order valence-corrected chi connectivity index (χ3v) is 2.49. The Morgan fingerprint density at radius 2 is 1.82 bits per heavy atom. The molecule has 0 radical (unpaired) electrons. The Hall–Kier alpha value is -1.84. The molecule has 1 nitrogen and oxygen atoms in total. The molecule has 0 saturated carbocycles. The standard InChI is InChI=1S/C13H10F3N/c1-9-8-10(12-4-2-3-7-17-12)5-6-11(9)13(14,15)16/h2-8H,1H3. The van der Waals surface area contributed by atoms with Crippen LogP contribution in [0.5, 0.6) is 0 Å². The van der Waals surface area contributed by atoms with Gasteiger partial charge in [-0.1, -0.05) is 12.1 Å². The number of nitrogens with zero attached hydrogens (tertiary/aromatic N) is 1. The van der Waals surface area contributed by atoms with Crippen molar-refractivity contribution in [1.82, 2.24) is 4.98 Å². The maximum Gasteiger partial charge on any atom is 0.416 e. The third-order valence-electron chi connectivity index (χ3n) is 2.49. The van der Waals surface area contributed by atoms with Crippen LogP contribution in [0, 0.1) is 6.92 Å². The van der Waals surface area contributed by atoms with Crippen molar-refractivity contribution in [3.05, 3.63) is 53.7 Å². The molecule has 0 N–H and O–H groups in total. The molecule has 1 heterocycles. The monoisotopic (exact) mass is 237 g/mol. The molecule has 0 fully saturated rings. The highest BCUT2D eigenvalue weighted by molar-refractivity contribution is 5.60. The summed E-state index contributed by atoms with van der Waals surface area (Å²) in [5.74, 6) is 0. The van der Waals surface area contributed by atoms with Crippen LogP contribution in [0.15, 0.2) is 42.6 Å². The van der Waals surface area contributed by atoms with E-state index in [-0.39, 0.29) is 5.56 Å². The van der Waals surface area contributed by atoms with Crippen molar-refractivity contribution in [2.75, 3.05) is 0 Å². The fraction of sp³-hybridized carbons (Fsp3) is 0.154. The highest BCUT2D eigenvalue weighted by atomic mass is 19.4. The van der Waals surface area contributed by atoms with Gasteiger partial charge in [0.25, 0.3) is 0 Å². The summed E-state index contributed by atoms with van der Waals surface area (Å²) in [6.07, 6.45) is -2.69. The van der Waals surface area contributed by atoms with Crippen molar-refractivity contribution in [2.24, 2.45) is 0 Å². The fourth-order valence-electron chi connectivity index (χ4n) is 1.67. The van der Waals surface area contributed by atoms with Gasteiger partial charge >= 0.3 is 6.18 Å². The normalized spacial score (nSPS) is 11.5. The fourth-order valence-corrected chi connectivity index (χ4v) is 1.67. The molecule has 0 atom stereocenters. The third kappa shape index (κ3) is 2.46. The zero-order valence-corrected chi connectivity index (χ0v) is 9.12. The topological polar surface area (TPSA) is 12.9 Å². The number of hydrogen-bond acceptors (Lipinski definition) is 1. The van der Waals surface area contributed by atoms with E-state index in [1.807, 2.05) is 0 Å². The van der Waals surface area contributed by atoms with Crippen LogP contribution in [0.2, 0.25) is 0 Å². The van der Waals surface area contributed by atoms with E-state index in [0.717, 1.165) is 6.07 Å². The molecule has 4 heteroatoms. The van der Waals surface area contributed by atoms with Gasteiger partial charge in [0.05, 0.1) is 11.3 Å². The second-order valence-electron chi connectivity index (χ2n) is 3.74. The Morgan fingerprint density at radius 1 is 1.06 bits per heavy atom. The lowest BCUT2D eigenvalue weighted by molar-refractivity contribution is -0.138. The summed E-state index contributed by atoms with van der Waals surface area (Å²) in [7, 11) is 0. The van der Waals surface area contributed by atoms with E-state index in [1.165, 1.54) is 19.1 Å². The number of alkyl halides is 3. The smallest absolute Gasteiger partial charge is 0.256 e. The number of pyridine rings is 1. The average molecular weight is 237 g/mol. The molecule has 0 saturated heterocycles. The number of rotatable bonds is 1. The molecule has 1 aromatic heterocycles. The largest absolute Gasteiger partial charge is 0.416 e. The maximum absolute atomic E-state index is 12.6. The molecule has 2 aromatic rings. The van der Waals surface area contributed by atoms with Gasteiger partial charge in [-0.25, -0.2) is 0 Å². The summed E-state index contributed by atoms with van der Waals surface area (Å²) in [5, 5.41) is 0. The SMILES string of the molecule is Cc1cc(-c2ccccn2)ccc1C(F)(F)F. The van der Waals surface area contributed by atoms with E-state index in [9.17, 15) is 13.2 Å². The van der Waals surface area contributed by atoms with Crippen LogP contribution in [0.1, 0.15) is 11.1 Å². The summed E-state index contributed by atoms with van der Waals surface area (Å²) in [4.78, 5) is 4.10. The zero-order valence-electron chi connectivity index (χ0n) is 9.12. The Balaban J connectivity index is 2.45. The molecule has 17 heavy (non-hydrogen) atoms. The number of benzene rings is 1. The lowest BCUT2D eigenvalue weighted by atomic mass is 10.0. The van der Waals surface area contributed by atoms with Crippen molar-refractivity contribution < 1.29 is 13.2 Å². The molecular weight excluding hydrogens is 227 g/mol. The molecule has 0 aliphatic heterocycles. The molecule has 0 spiro atoms. The number of hydrogen-bond donors (Lipinski definition) is 0. The van der Waals surface area contributed by atoms with E-state index in [1.54, 1.807) is 24.4 Å². The predicted molar refractivity (Wildman–Crippen MR) is 59.4 cm³/mol. The Kier molecular flexibility index (Phi) is 2.88. The van der Waals surface area contributed by atoms with E-state index >= 15 is 0 Å². The van der Waals surface area contributed by atoms with Gasteiger partial charge in [0.2, 0.25) is 0 Å².